The maximum atomic E-state index is 6.36. The van der Waals surface area contributed by atoms with Crippen LogP contribution in [0, 0.1) is 0 Å². The first-order valence-corrected chi connectivity index (χ1v) is 9.46. The molecule has 132 valence electrons. The molecule has 0 spiro atoms. The lowest BCUT2D eigenvalue weighted by molar-refractivity contribution is 0.171. The second-order valence-corrected chi connectivity index (χ2v) is 7.07. The van der Waals surface area contributed by atoms with Gasteiger partial charge in [0.2, 0.25) is 0 Å². The van der Waals surface area contributed by atoms with Gasteiger partial charge in [-0.15, -0.1) is 0 Å². The Kier molecular flexibility index (Phi) is 4.86. The van der Waals surface area contributed by atoms with Crippen molar-refractivity contribution < 1.29 is 9.47 Å². The molecule has 0 atom stereocenters. The van der Waals surface area contributed by atoms with Gasteiger partial charge in [-0.05, 0) is 24.3 Å². The zero-order valence-electron chi connectivity index (χ0n) is 13.8. The largest absolute Gasteiger partial charge is 0.486 e. The summed E-state index contributed by atoms with van der Waals surface area (Å²) in [5, 5.41) is 2.18. The topological polar surface area (TPSA) is 69.7 Å². The van der Waals surface area contributed by atoms with Crippen molar-refractivity contribution in [1.82, 2.24) is 4.98 Å². The summed E-state index contributed by atoms with van der Waals surface area (Å²) in [7, 11) is 0. The van der Waals surface area contributed by atoms with E-state index in [1.165, 1.54) is 11.8 Å². The summed E-state index contributed by atoms with van der Waals surface area (Å²) >= 11 is 7.78. The molecule has 4 rings (SSSR count). The van der Waals surface area contributed by atoms with Crippen molar-refractivity contribution >= 4 is 45.1 Å². The van der Waals surface area contributed by atoms with E-state index in [4.69, 9.17) is 26.8 Å². The van der Waals surface area contributed by atoms with Crippen LogP contribution >= 0.6 is 23.4 Å². The smallest absolute Gasteiger partial charge is 0.163 e. The average molecular weight is 386 g/mol. The number of fused-ring (bicyclic) bond motifs is 2. The van der Waals surface area contributed by atoms with Gasteiger partial charge in [0.15, 0.2) is 16.7 Å². The number of pyridine rings is 1. The molecule has 0 radical (unpaired) electrons. The van der Waals surface area contributed by atoms with E-state index in [2.05, 4.69) is 9.98 Å². The summed E-state index contributed by atoms with van der Waals surface area (Å²) < 4.78 is 11.1. The van der Waals surface area contributed by atoms with Crippen molar-refractivity contribution in [3.8, 4) is 11.5 Å². The van der Waals surface area contributed by atoms with Gasteiger partial charge < -0.3 is 15.2 Å². The Morgan fingerprint density at radius 2 is 2.00 bits per heavy atom. The Balaban J connectivity index is 1.53. The van der Waals surface area contributed by atoms with E-state index in [0.717, 1.165) is 27.9 Å². The minimum atomic E-state index is 0.450. The molecular formula is C19H16ClN3O2S. The predicted octanol–water partition coefficient (Wildman–Crippen LogP) is 4.54. The van der Waals surface area contributed by atoms with E-state index in [-0.39, 0.29) is 0 Å². The highest BCUT2D eigenvalue weighted by Gasteiger charge is 2.12. The molecule has 7 heteroatoms. The number of nitrogens with two attached hydrogens (primary N) is 1. The highest BCUT2D eigenvalue weighted by Crippen LogP contribution is 2.34. The van der Waals surface area contributed by atoms with Crippen LogP contribution in [0.5, 0.6) is 11.5 Å². The molecule has 1 aliphatic rings. The molecule has 0 fully saturated rings. The van der Waals surface area contributed by atoms with Crippen molar-refractivity contribution in [2.75, 3.05) is 13.2 Å². The van der Waals surface area contributed by atoms with E-state index in [9.17, 15) is 0 Å². The van der Waals surface area contributed by atoms with E-state index >= 15 is 0 Å². The fourth-order valence-corrected chi connectivity index (χ4v) is 3.78. The minimum Gasteiger partial charge on any atom is -0.486 e. The van der Waals surface area contributed by atoms with Crippen LogP contribution in [0.4, 0.5) is 5.69 Å². The number of hydrogen-bond donors (Lipinski definition) is 1. The van der Waals surface area contributed by atoms with Crippen LogP contribution in [0.3, 0.4) is 0 Å². The van der Waals surface area contributed by atoms with Crippen LogP contribution in [-0.4, -0.2) is 23.4 Å². The van der Waals surface area contributed by atoms with Crippen molar-refractivity contribution in [2.45, 2.75) is 5.75 Å². The number of thioether (sulfide) groups is 1. The lowest BCUT2D eigenvalue weighted by Crippen LogP contribution is -2.15. The molecule has 2 N–H and O–H groups in total. The highest BCUT2D eigenvalue weighted by molar-refractivity contribution is 8.13. The lowest BCUT2D eigenvalue weighted by atomic mass is 10.1. The monoisotopic (exact) mass is 385 g/mol. The standard InChI is InChI=1S/C19H16ClN3O2S/c20-15-5-3-12-2-1-7-22-18(12)14(15)11-26-19(21)23-13-4-6-16-17(10-13)25-9-8-24-16/h1-7,10H,8-9,11H2,(H2,21,23). The molecule has 1 aliphatic heterocycles. The van der Waals surface area contributed by atoms with Crippen LogP contribution in [0.25, 0.3) is 10.9 Å². The molecule has 0 amide bonds. The first-order chi connectivity index (χ1) is 12.7. The maximum absolute atomic E-state index is 6.36. The number of benzene rings is 2. The van der Waals surface area contributed by atoms with Crippen LogP contribution in [0.1, 0.15) is 5.56 Å². The third-order valence-electron chi connectivity index (χ3n) is 3.95. The highest BCUT2D eigenvalue weighted by atomic mass is 35.5. The predicted molar refractivity (Wildman–Crippen MR) is 107 cm³/mol. The molecule has 0 saturated carbocycles. The van der Waals surface area contributed by atoms with E-state index in [1.807, 2.05) is 42.5 Å². The zero-order valence-corrected chi connectivity index (χ0v) is 15.4. The molecule has 2 heterocycles. The Morgan fingerprint density at radius 1 is 1.15 bits per heavy atom. The van der Waals surface area contributed by atoms with Gasteiger partial charge in [0.05, 0.1) is 11.2 Å². The van der Waals surface area contributed by atoms with Gasteiger partial charge in [0.25, 0.3) is 0 Å². The Hall–Kier alpha value is -2.44. The Labute approximate surface area is 160 Å². The molecule has 1 aromatic heterocycles. The van der Waals surface area contributed by atoms with Gasteiger partial charge in [0, 0.05) is 34.0 Å². The number of hydrogen-bond acceptors (Lipinski definition) is 5. The van der Waals surface area contributed by atoms with Gasteiger partial charge in [0.1, 0.15) is 13.2 Å². The lowest BCUT2D eigenvalue weighted by Gasteiger charge is -2.18. The molecule has 2 aromatic carbocycles. The normalized spacial score (nSPS) is 13.8. The van der Waals surface area contributed by atoms with Crippen LogP contribution < -0.4 is 15.2 Å². The summed E-state index contributed by atoms with van der Waals surface area (Å²) in [6, 6.07) is 13.3. The summed E-state index contributed by atoms with van der Waals surface area (Å²) in [5.74, 6) is 2.01. The SMILES string of the molecule is NC(=Nc1ccc2c(c1)OCCO2)SCc1c(Cl)ccc2cccnc12. The number of aromatic nitrogens is 1. The summed E-state index contributed by atoms with van der Waals surface area (Å²) in [4.78, 5) is 8.89. The molecule has 0 saturated heterocycles. The molecule has 5 nitrogen and oxygen atoms in total. The Bertz CT molecular complexity index is 994. The Morgan fingerprint density at radius 3 is 2.88 bits per heavy atom. The number of rotatable bonds is 3. The molecule has 0 unspecified atom stereocenters. The fraction of sp³-hybridized carbons (Fsp3) is 0.158. The number of ether oxygens (including phenoxy) is 2. The third kappa shape index (κ3) is 3.57. The first-order valence-electron chi connectivity index (χ1n) is 8.09. The van der Waals surface area contributed by atoms with Crippen molar-refractivity contribution in [1.29, 1.82) is 0 Å². The van der Waals surface area contributed by atoms with Crippen LogP contribution in [-0.2, 0) is 5.75 Å². The quantitative estimate of drug-likeness (QED) is 0.529. The summed E-state index contributed by atoms with van der Waals surface area (Å²) in [5.41, 5.74) is 8.67. The molecule has 0 bridgehead atoms. The molecule has 0 aliphatic carbocycles. The summed E-state index contributed by atoms with van der Waals surface area (Å²) in [6.45, 7) is 1.10. The van der Waals surface area contributed by atoms with Crippen molar-refractivity contribution in [2.24, 2.45) is 10.7 Å². The molecule has 26 heavy (non-hydrogen) atoms. The van der Waals surface area contributed by atoms with E-state index in [1.54, 1.807) is 6.20 Å². The number of halogens is 1. The second-order valence-electron chi connectivity index (χ2n) is 5.67. The van der Waals surface area contributed by atoms with Gasteiger partial charge in [-0.3, -0.25) is 4.98 Å². The molecular weight excluding hydrogens is 370 g/mol. The third-order valence-corrected chi connectivity index (χ3v) is 5.13. The van der Waals surface area contributed by atoms with Crippen LogP contribution in [0.15, 0.2) is 53.7 Å². The van der Waals surface area contributed by atoms with Crippen molar-refractivity contribution in [3.63, 3.8) is 0 Å². The van der Waals surface area contributed by atoms with Gasteiger partial charge in [-0.25, -0.2) is 4.99 Å². The second kappa shape index (κ2) is 7.43. The fourth-order valence-electron chi connectivity index (χ4n) is 2.73. The van der Waals surface area contributed by atoms with Crippen molar-refractivity contribution in [3.05, 3.63) is 59.2 Å². The molecule has 3 aromatic rings. The van der Waals surface area contributed by atoms with Gasteiger partial charge in [-0.1, -0.05) is 35.5 Å². The minimum absolute atomic E-state index is 0.450. The summed E-state index contributed by atoms with van der Waals surface area (Å²) in [6.07, 6.45) is 1.76. The first kappa shape index (κ1) is 17.0. The van der Waals surface area contributed by atoms with E-state index < -0.39 is 0 Å². The number of amidine groups is 1. The average Bonchev–Trinajstić information content (AvgIpc) is 2.67. The number of nitrogens with zero attached hydrogens (tertiary/aromatic N) is 2. The number of aliphatic imine (C=N–C) groups is 1. The zero-order chi connectivity index (χ0) is 17.9. The van der Waals surface area contributed by atoms with Crippen LogP contribution in [0.2, 0.25) is 5.02 Å². The van der Waals surface area contributed by atoms with E-state index in [0.29, 0.717) is 34.9 Å². The maximum Gasteiger partial charge on any atom is 0.163 e. The van der Waals surface area contributed by atoms with Gasteiger partial charge >= 0.3 is 0 Å². The van der Waals surface area contributed by atoms with Gasteiger partial charge in [-0.2, -0.15) is 0 Å².